The zero-order chi connectivity index (χ0) is 12.3. The van der Waals surface area contributed by atoms with Gasteiger partial charge in [0.2, 0.25) is 0 Å². The highest BCUT2D eigenvalue weighted by Gasteiger charge is 2.15. The quantitative estimate of drug-likeness (QED) is 0.775. The summed E-state index contributed by atoms with van der Waals surface area (Å²) in [6, 6.07) is 7.86. The van der Waals surface area contributed by atoms with E-state index >= 15 is 0 Å². The third kappa shape index (κ3) is 3.54. The van der Waals surface area contributed by atoms with Gasteiger partial charge in [0.1, 0.15) is 0 Å². The smallest absolute Gasteiger partial charge is 0.0366 e. The van der Waals surface area contributed by atoms with E-state index in [4.69, 9.17) is 0 Å². The van der Waals surface area contributed by atoms with Crippen LogP contribution in [0.25, 0.3) is 0 Å². The van der Waals surface area contributed by atoms with Crippen molar-refractivity contribution in [3.63, 3.8) is 0 Å². The third-order valence-electron chi connectivity index (χ3n) is 3.37. The molecule has 3 nitrogen and oxygen atoms in total. The monoisotopic (exact) mass is 252 g/mol. The Bertz CT molecular complexity index is 383. The average Bonchev–Trinajstić information content (AvgIpc) is 2.30. The Labute approximate surface area is 105 Å². The van der Waals surface area contributed by atoms with E-state index < -0.39 is 11.1 Å². The molecule has 1 aliphatic rings. The summed E-state index contributed by atoms with van der Waals surface area (Å²) in [6.45, 7) is 4.51. The van der Waals surface area contributed by atoms with Crippen molar-refractivity contribution in [3.05, 3.63) is 29.8 Å². The second-order valence-electron chi connectivity index (χ2n) is 4.78. The molecule has 1 fully saturated rings. The van der Waals surface area contributed by atoms with Crippen molar-refractivity contribution < 1.29 is 8.76 Å². The molecule has 2 rings (SSSR count). The molecule has 0 aliphatic carbocycles. The van der Waals surface area contributed by atoms with Gasteiger partial charge in [0.25, 0.3) is 0 Å². The Morgan fingerprint density at radius 2 is 1.88 bits per heavy atom. The van der Waals surface area contributed by atoms with E-state index in [1.807, 2.05) is 24.3 Å². The van der Waals surface area contributed by atoms with Gasteiger partial charge in [-0.05, 0) is 36.5 Å². The van der Waals surface area contributed by atoms with Crippen LogP contribution in [0, 0.1) is 5.92 Å². The number of rotatable bonds is 3. The van der Waals surface area contributed by atoms with Crippen LogP contribution < -0.4 is 4.90 Å². The molecule has 1 atom stereocenters. The largest absolute Gasteiger partial charge is 0.772 e. The predicted molar refractivity (Wildman–Crippen MR) is 69.7 cm³/mol. The SMILES string of the molecule is CC1CCN(c2ccc(CS(=O)[O-])cc2)CC1. The van der Waals surface area contributed by atoms with E-state index in [2.05, 4.69) is 11.8 Å². The topological polar surface area (TPSA) is 43.4 Å². The third-order valence-corrected chi connectivity index (χ3v) is 3.94. The molecule has 0 saturated carbocycles. The maximum atomic E-state index is 10.6. The van der Waals surface area contributed by atoms with Crippen molar-refractivity contribution >= 4 is 16.8 Å². The molecule has 94 valence electrons. The summed E-state index contributed by atoms with van der Waals surface area (Å²) in [5.41, 5.74) is 2.06. The van der Waals surface area contributed by atoms with E-state index in [0.29, 0.717) is 0 Å². The highest BCUT2D eigenvalue weighted by atomic mass is 32.2. The fraction of sp³-hybridized carbons (Fsp3) is 0.538. The van der Waals surface area contributed by atoms with Crippen LogP contribution in [0.5, 0.6) is 0 Å². The highest BCUT2D eigenvalue weighted by Crippen LogP contribution is 2.23. The number of benzene rings is 1. The Morgan fingerprint density at radius 1 is 1.29 bits per heavy atom. The van der Waals surface area contributed by atoms with Crippen LogP contribution in [0.2, 0.25) is 0 Å². The first-order valence-corrected chi connectivity index (χ1v) is 7.29. The molecule has 1 aliphatic heterocycles. The standard InChI is InChI=1S/C13H19NO2S/c1-11-6-8-14(9-7-11)13-4-2-12(3-5-13)10-17(15)16/h2-5,11H,6-10H2,1H3,(H,15,16)/p-1. The summed E-state index contributed by atoms with van der Waals surface area (Å²) in [5.74, 6) is 0.936. The molecular formula is C13H18NO2S-. The van der Waals surface area contributed by atoms with E-state index in [1.54, 1.807) is 0 Å². The minimum absolute atomic E-state index is 0.108. The molecule has 0 aromatic heterocycles. The molecule has 1 saturated heterocycles. The summed E-state index contributed by atoms with van der Waals surface area (Å²) in [5, 5.41) is 0. The van der Waals surface area contributed by atoms with Gasteiger partial charge in [-0.25, -0.2) is 0 Å². The first-order chi connectivity index (χ1) is 8.15. The number of hydrogen-bond acceptors (Lipinski definition) is 3. The highest BCUT2D eigenvalue weighted by molar-refractivity contribution is 7.78. The average molecular weight is 252 g/mol. The molecule has 1 aromatic rings. The Balaban J connectivity index is 2.00. The second kappa shape index (κ2) is 5.65. The Morgan fingerprint density at radius 3 is 2.41 bits per heavy atom. The van der Waals surface area contributed by atoms with E-state index in [-0.39, 0.29) is 5.75 Å². The number of hydrogen-bond donors (Lipinski definition) is 0. The van der Waals surface area contributed by atoms with Crippen molar-refractivity contribution in [2.24, 2.45) is 5.92 Å². The van der Waals surface area contributed by atoms with Crippen LogP contribution in [0.1, 0.15) is 25.3 Å². The van der Waals surface area contributed by atoms with Gasteiger partial charge >= 0.3 is 0 Å². The van der Waals surface area contributed by atoms with Crippen molar-refractivity contribution in [3.8, 4) is 0 Å². The summed E-state index contributed by atoms with van der Waals surface area (Å²) in [7, 11) is 0. The predicted octanol–water partition coefficient (Wildman–Crippen LogP) is 2.30. The van der Waals surface area contributed by atoms with E-state index in [1.165, 1.54) is 18.5 Å². The van der Waals surface area contributed by atoms with Crippen LogP contribution in [0.4, 0.5) is 5.69 Å². The minimum Gasteiger partial charge on any atom is -0.772 e. The van der Waals surface area contributed by atoms with Crippen molar-refractivity contribution in [2.45, 2.75) is 25.5 Å². The van der Waals surface area contributed by atoms with E-state index in [0.717, 1.165) is 24.6 Å². The molecular weight excluding hydrogens is 234 g/mol. The van der Waals surface area contributed by atoms with Crippen molar-refractivity contribution in [1.82, 2.24) is 0 Å². The molecule has 0 radical (unpaired) electrons. The van der Waals surface area contributed by atoms with Crippen LogP contribution in [0.15, 0.2) is 24.3 Å². The lowest BCUT2D eigenvalue weighted by Gasteiger charge is -2.32. The molecule has 1 heterocycles. The minimum atomic E-state index is -2.00. The van der Waals surface area contributed by atoms with Gasteiger partial charge in [-0.1, -0.05) is 30.1 Å². The van der Waals surface area contributed by atoms with Gasteiger partial charge in [-0.2, -0.15) is 0 Å². The molecule has 1 unspecified atom stereocenters. The van der Waals surface area contributed by atoms with Gasteiger partial charge in [-0.3, -0.25) is 4.21 Å². The second-order valence-corrected chi connectivity index (χ2v) is 5.68. The van der Waals surface area contributed by atoms with Gasteiger partial charge in [0.15, 0.2) is 0 Å². The first-order valence-electron chi connectivity index (χ1n) is 6.05. The zero-order valence-corrected chi connectivity index (χ0v) is 10.9. The molecule has 17 heavy (non-hydrogen) atoms. The molecule has 0 N–H and O–H groups in total. The van der Waals surface area contributed by atoms with Crippen molar-refractivity contribution in [1.29, 1.82) is 0 Å². The number of anilines is 1. The maximum absolute atomic E-state index is 10.6. The zero-order valence-electron chi connectivity index (χ0n) is 10.1. The van der Waals surface area contributed by atoms with Crippen LogP contribution >= 0.6 is 0 Å². The summed E-state index contributed by atoms with van der Waals surface area (Å²) in [6.07, 6.45) is 2.48. The Hall–Kier alpha value is -0.870. The normalized spacial score (nSPS) is 19.3. The summed E-state index contributed by atoms with van der Waals surface area (Å²) in [4.78, 5) is 2.37. The molecule has 1 aromatic carbocycles. The fourth-order valence-corrected chi connectivity index (χ4v) is 2.67. The van der Waals surface area contributed by atoms with Gasteiger partial charge < -0.3 is 9.45 Å². The van der Waals surface area contributed by atoms with E-state index in [9.17, 15) is 8.76 Å². The van der Waals surface area contributed by atoms with Gasteiger partial charge in [0.05, 0.1) is 0 Å². The van der Waals surface area contributed by atoms with Gasteiger partial charge in [-0.15, -0.1) is 0 Å². The maximum Gasteiger partial charge on any atom is 0.0366 e. The molecule has 0 spiro atoms. The summed E-state index contributed by atoms with van der Waals surface area (Å²) >= 11 is -2.00. The lowest BCUT2D eigenvalue weighted by molar-refractivity contribution is 0.438. The molecule has 0 bridgehead atoms. The van der Waals surface area contributed by atoms with Crippen LogP contribution in [-0.4, -0.2) is 21.9 Å². The van der Waals surface area contributed by atoms with Crippen molar-refractivity contribution in [2.75, 3.05) is 18.0 Å². The lowest BCUT2D eigenvalue weighted by Crippen LogP contribution is -2.32. The Kier molecular flexibility index (Phi) is 4.18. The number of piperidine rings is 1. The summed E-state index contributed by atoms with van der Waals surface area (Å²) < 4.78 is 21.2. The fourth-order valence-electron chi connectivity index (χ4n) is 2.21. The van der Waals surface area contributed by atoms with Gasteiger partial charge in [0, 0.05) is 24.5 Å². The first kappa shape index (κ1) is 12.6. The molecule has 0 amide bonds. The van der Waals surface area contributed by atoms with Crippen LogP contribution in [0.3, 0.4) is 0 Å². The van der Waals surface area contributed by atoms with Crippen LogP contribution in [-0.2, 0) is 16.8 Å². The lowest BCUT2D eigenvalue weighted by atomic mass is 9.99. The molecule has 4 heteroatoms. The number of nitrogens with zero attached hydrogens (tertiary/aromatic N) is 1.